The monoisotopic (exact) mass is 1160 g/mol. The van der Waals surface area contributed by atoms with Crippen molar-refractivity contribution in [3.05, 3.63) is 70.3 Å². The van der Waals surface area contributed by atoms with Crippen molar-refractivity contribution in [2.24, 2.45) is 43.3 Å². The summed E-state index contributed by atoms with van der Waals surface area (Å²) in [5.41, 5.74) is -3.47. The molecule has 464 valence electrons. The summed E-state index contributed by atoms with van der Waals surface area (Å²) in [6.45, 7) is 43.6. The maximum atomic E-state index is 14.0. The first-order valence-corrected chi connectivity index (χ1v) is 29.1. The number of rotatable bonds is 14. The maximum Gasteiger partial charge on any atom is 0.311 e. The van der Waals surface area contributed by atoms with E-state index >= 15 is 0 Å². The van der Waals surface area contributed by atoms with Gasteiger partial charge in [-0.15, -0.1) is 0 Å². The van der Waals surface area contributed by atoms with Gasteiger partial charge in [0, 0.05) is 0 Å². The molecule has 83 heavy (non-hydrogen) atoms. The van der Waals surface area contributed by atoms with Crippen LogP contribution in [0.5, 0.6) is 0 Å². The summed E-state index contributed by atoms with van der Waals surface area (Å²) in [6.07, 6.45) is -6.78. The van der Waals surface area contributed by atoms with Crippen LogP contribution in [0.1, 0.15) is 219 Å². The highest BCUT2D eigenvalue weighted by atomic mass is 16.7. The first kappa shape index (κ1) is 69.9. The van der Waals surface area contributed by atoms with Crippen molar-refractivity contribution in [1.82, 2.24) is 0 Å². The van der Waals surface area contributed by atoms with Crippen LogP contribution in [0.4, 0.5) is 0 Å². The van der Waals surface area contributed by atoms with Gasteiger partial charge in [-0.25, -0.2) is 0 Å². The fourth-order valence-electron chi connectivity index (χ4n) is 8.39. The third-order valence-electron chi connectivity index (χ3n) is 13.9. The number of hydrogen-bond donors (Lipinski definition) is 0. The topological polar surface area (TPSA) is 203 Å². The lowest BCUT2D eigenvalue weighted by atomic mass is 9.83. The van der Waals surface area contributed by atoms with Gasteiger partial charge in [0.2, 0.25) is 0 Å². The summed E-state index contributed by atoms with van der Waals surface area (Å²) < 4.78 is 57.4. The fourth-order valence-corrected chi connectivity index (χ4v) is 8.39. The standard InChI is InChI=1S/C67H100O16/c1-38-36-40(30-33-42(38)46-50(81-57(72)65(17,18)19)52(83-59(74)67(23,24)25)48(79-55(70)63(11,12)13)44(77-46)37-75-53(68)61(5,6)7)27-26-39-28-31-41(32-29-39)45-49(80-56(71)64(14,15)16)51(82-58(73)66(20,21)22)47(78-54(69)62(8,9)10)43(76-45)34-35-60(2,3)4/h26-33,36,43-52H,34-35,37H2,1-25H3/b27-26+/t43-,44-,45-,46-,47-,48-,49-,50-,51-,52+/m1/s1. The summed E-state index contributed by atoms with van der Waals surface area (Å²) in [6, 6.07) is 13.1. The minimum atomic E-state index is -1.41. The van der Waals surface area contributed by atoms with Crippen molar-refractivity contribution in [1.29, 1.82) is 0 Å². The second-order valence-corrected chi connectivity index (χ2v) is 31.0. The third-order valence-corrected chi connectivity index (χ3v) is 13.9. The number of hydrogen-bond acceptors (Lipinski definition) is 16. The van der Waals surface area contributed by atoms with Gasteiger partial charge in [-0.3, -0.25) is 33.6 Å². The van der Waals surface area contributed by atoms with E-state index < -0.39 is 141 Å². The smallest absolute Gasteiger partial charge is 0.311 e. The van der Waals surface area contributed by atoms with Gasteiger partial charge in [0.15, 0.2) is 36.6 Å². The van der Waals surface area contributed by atoms with Gasteiger partial charge in [-0.05, 0) is 198 Å². The van der Waals surface area contributed by atoms with E-state index in [-0.39, 0.29) is 12.0 Å². The van der Waals surface area contributed by atoms with Gasteiger partial charge >= 0.3 is 41.8 Å². The first-order valence-electron chi connectivity index (χ1n) is 29.1. The summed E-state index contributed by atoms with van der Waals surface area (Å²) >= 11 is 0. The molecule has 0 aromatic heterocycles. The molecular formula is C67H100O16. The highest BCUT2D eigenvalue weighted by Crippen LogP contribution is 2.44. The van der Waals surface area contributed by atoms with E-state index in [1.54, 1.807) is 145 Å². The zero-order valence-corrected chi connectivity index (χ0v) is 54.6. The molecule has 2 aromatic rings. The molecule has 0 bridgehead atoms. The van der Waals surface area contributed by atoms with E-state index in [0.29, 0.717) is 29.5 Å². The summed E-state index contributed by atoms with van der Waals surface area (Å²) in [4.78, 5) is 96.5. The molecule has 2 saturated heterocycles. The Morgan fingerprint density at radius 1 is 0.398 bits per heavy atom. The fraction of sp³-hybridized carbons (Fsp3) is 0.687. The number of esters is 7. The van der Waals surface area contributed by atoms with E-state index in [2.05, 4.69) is 20.8 Å². The average Bonchev–Trinajstić information content (AvgIpc) is 3.02. The van der Waals surface area contributed by atoms with Crippen LogP contribution in [-0.2, 0) is 76.2 Å². The zero-order chi connectivity index (χ0) is 63.6. The molecule has 0 radical (unpaired) electrons. The second kappa shape index (κ2) is 25.9. The number of aryl methyl sites for hydroxylation is 1. The van der Waals surface area contributed by atoms with Crippen LogP contribution in [0.25, 0.3) is 12.2 Å². The predicted molar refractivity (Wildman–Crippen MR) is 317 cm³/mol. The van der Waals surface area contributed by atoms with Crippen molar-refractivity contribution in [2.75, 3.05) is 6.61 Å². The minimum absolute atomic E-state index is 0.142. The molecule has 4 rings (SSSR count). The maximum absolute atomic E-state index is 14.0. The molecule has 2 aromatic carbocycles. The van der Waals surface area contributed by atoms with E-state index in [4.69, 9.17) is 42.6 Å². The SMILES string of the molecule is Cc1cc(/C=C/c2ccc([C@H]3O[C@H](CCC(C)(C)C)[C@@H](OC(=O)C(C)(C)C)[C@@H](OC(=O)C(C)(C)C)[C@@H]3OC(=O)C(C)(C)C)cc2)ccc1[C@H]1O[C@H](COC(=O)C(C)(C)C)[C@@H](OC(=O)C(C)(C)C)[C@H](OC(=O)C(C)(C)C)[C@@H]1OC(=O)C(C)(C)C. The Balaban J connectivity index is 1.85. The van der Waals surface area contributed by atoms with Gasteiger partial charge < -0.3 is 42.6 Å². The number of ether oxygens (including phenoxy) is 9. The van der Waals surface area contributed by atoms with Crippen LogP contribution in [0, 0.1) is 50.2 Å². The van der Waals surface area contributed by atoms with Gasteiger partial charge in [-0.2, -0.15) is 0 Å². The zero-order valence-electron chi connectivity index (χ0n) is 54.6. The van der Waals surface area contributed by atoms with Crippen molar-refractivity contribution in [3.8, 4) is 0 Å². The van der Waals surface area contributed by atoms with Crippen molar-refractivity contribution in [2.45, 2.75) is 247 Å². The van der Waals surface area contributed by atoms with Crippen LogP contribution >= 0.6 is 0 Å². The Labute approximate surface area is 495 Å². The second-order valence-electron chi connectivity index (χ2n) is 31.0. The molecule has 0 saturated carbocycles. The van der Waals surface area contributed by atoms with Crippen LogP contribution in [-0.4, -0.2) is 97.2 Å². The van der Waals surface area contributed by atoms with Crippen molar-refractivity contribution in [3.63, 3.8) is 0 Å². The molecule has 2 aliphatic heterocycles. The molecular weight excluding hydrogens is 1060 g/mol. The largest absolute Gasteiger partial charge is 0.462 e. The molecule has 2 aliphatic rings. The van der Waals surface area contributed by atoms with Gasteiger partial charge in [-0.1, -0.05) is 75.4 Å². The lowest BCUT2D eigenvalue weighted by Gasteiger charge is -2.47. The Morgan fingerprint density at radius 2 is 0.723 bits per heavy atom. The van der Waals surface area contributed by atoms with Crippen molar-refractivity contribution < 1.29 is 76.2 Å². The number of benzene rings is 2. The molecule has 0 aliphatic carbocycles. The molecule has 16 nitrogen and oxygen atoms in total. The van der Waals surface area contributed by atoms with Crippen LogP contribution in [0.2, 0.25) is 0 Å². The van der Waals surface area contributed by atoms with Crippen LogP contribution in [0.3, 0.4) is 0 Å². The molecule has 0 spiro atoms. The normalized spacial score (nSPS) is 24.1. The Morgan fingerprint density at radius 3 is 1.10 bits per heavy atom. The summed E-state index contributed by atoms with van der Waals surface area (Å²) in [7, 11) is 0. The average molecular weight is 1160 g/mol. The third kappa shape index (κ3) is 19.5. The Bertz CT molecular complexity index is 2660. The quantitative estimate of drug-likeness (QED) is 0.0980. The van der Waals surface area contributed by atoms with E-state index in [1.807, 2.05) is 61.5 Å². The summed E-state index contributed by atoms with van der Waals surface area (Å²) in [5, 5.41) is 0. The van der Waals surface area contributed by atoms with Gasteiger partial charge in [0.1, 0.15) is 24.9 Å². The Hall–Kier alpha value is -5.61. The molecule has 2 heterocycles. The summed E-state index contributed by atoms with van der Waals surface area (Å²) in [5.74, 6) is -4.11. The van der Waals surface area contributed by atoms with Crippen molar-refractivity contribution >= 4 is 53.9 Å². The molecule has 0 amide bonds. The minimum Gasteiger partial charge on any atom is -0.462 e. The van der Waals surface area contributed by atoms with Gasteiger partial charge in [0.25, 0.3) is 0 Å². The van der Waals surface area contributed by atoms with E-state index in [9.17, 15) is 33.6 Å². The predicted octanol–water partition coefficient (Wildman–Crippen LogP) is 13.2. The Kier molecular flexibility index (Phi) is 21.8. The molecule has 2 fully saturated rings. The van der Waals surface area contributed by atoms with E-state index in [1.165, 1.54) is 0 Å². The highest BCUT2D eigenvalue weighted by Gasteiger charge is 2.57. The van der Waals surface area contributed by atoms with E-state index in [0.717, 1.165) is 11.1 Å². The molecule has 0 N–H and O–H groups in total. The number of carbonyl (C=O) groups is 7. The van der Waals surface area contributed by atoms with Crippen LogP contribution < -0.4 is 0 Å². The molecule has 10 atom stereocenters. The lowest BCUT2D eigenvalue weighted by Crippen LogP contribution is -2.61. The molecule has 16 heteroatoms. The van der Waals surface area contributed by atoms with Crippen LogP contribution in [0.15, 0.2) is 42.5 Å². The highest BCUT2D eigenvalue weighted by molar-refractivity contribution is 5.80. The molecule has 0 unspecified atom stereocenters. The van der Waals surface area contributed by atoms with Gasteiger partial charge in [0.05, 0.1) is 44.0 Å². The lowest BCUT2D eigenvalue weighted by molar-refractivity contribution is -0.262. The number of carbonyl (C=O) groups excluding carboxylic acids is 7. The first-order chi connectivity index (χ1) is 37.5.